The third-order valence-corrected chi connectivity index (χ3v) is 4.84. The Morgan fingerprint density at radius 3 is 2.23 bits per heavy atom. The van der Waals surface area contributed by atoms with Crippen LogP contribution in [0.4, 0.5) is 5.69 Å². The largest absolute Gasteiger partial charge is 0.496 e. The molecule has 0 radical (unpaired) electrons. The number of carbonyl (C=O) groups is 2. The van der Waals surface area contributed by atoms with Crippen molar-refractivity contribution in [2.75, 3.05) is 12.4 Å². The number of hydrogen-bond donors (Lipinski definition) is 2. The first-order chi connectivity index (χ1) is 14.4. The van der Waals surface area contributed by atoms with Crippen LogP contribution in [0.25, 0.3) is 0 Å². The van der Waals surface area contributed by atoms with E-state index in [1.165, 1.54) is 5.56 Å². The molecule has 6 nitrogen and oxygen atoms in total. The van der Waals surface area contributed by atoms with Gasteiger partial charge >= 0.3 is 0 Å². The highest BCUT2D eigenvalue weighted by molar-refractivity contribution is 6.04. The van der Waals surface area contributed by atoms with Crippen LogP contribution in [0.5, 0.6) is 11.5 Å². The summed E-state index contributed by atoms with van der Waals surface area (Å²) in [5, 5.41) is 2.80. The van der Waals surface area contributed by atoms with E-state index in [1.54, 1.807) is 49.6 Å². The van der Waals surface area contributed by atoms with Gasteiger partial charge in [-0.05, 0) is 79.6 Å². The molecule has 3 rings (SSSR count). The minimum Gasteiger partial charge on any atom is -0.496 e. The summed E-state index contributed by atoms with van der Waals surface area (Å²) in [4.78, 5) is 23.8. The molecule has 0 heterocycles. The van der Waals surface area contributed by atoms with Crippen molar-refractivity contribution in [3.05, 3.63) is 88.5 Å². The molecule has 0 aliphatic rings. The fourth-order valence-corrected chi connectivity index (χ4v) is 2.92. The normalized spacial score (nSPS) is 10.4. The number of carbonyl (C=O) groups excluding carboxylic acids is 2. The maximum Gasteiger partial charge on any atom is 0.255 e. The Bertz CT molecular complexity index is 1080. The molecular formula is C24H24N2O4. The first-order valence-electron chi connectivity index (χ1n) is 9.45. The highest BCUT2D eigenvalue weighted by Gasteiger charge is 2.12. The van der Waals surface area contributed by atoms with E-state index in [-0.39, 0.29) is 12.5 Å². The molecule has 0 saturated heterocycles. The number of nitrogens with two attached hydrogens (primary N) is 1. The molecule has 0 saturated carbocycles. The van der Waals surface area contributed by atoms with E-state index >= 15 is 0 Å². The van der Waals surface area contributed by atoms with E-state index in [1.807, 2.05) is 32.0 Å². The lowest BCUT2D eigenvalue weighted by Gasteiger charge is -2.13. The van der Waals surface area contributed by atoms with Gasteiger partial charge in [0.25, 0.3) is 5.91 Å². The number of primary amides is 1. The van der Waals surface area contributed by atoms with E-state index in [4.69, 9.17) is 15.2 Å². The van der Waals surface area contributed by atoms with E-state index in [9.17, 15) is 9.59 Å². The molecule has 3 N–H and O–H groups in total. The first kappa shape index (κ1) is 20.9. The molecule has 0 atom stereocenters. The van der Waals surface area contributed by atoms with Crippen molar-refractivity contribution < 1.29 is 19.1 Å². The molecule has 30 heavy (non-hydrogen) atoms. The summed E-state index contributed by atoms with van der Waals surface area (Å²) in [7, 11) is 1.58. The molecule has 0 aliphatic heterocycles. The summed E-state index contributed by atoms with van der Waals surface area (Å²) in [6.45, 7) is 4.34. The number of ether oxygens (including phenoxy) is 2. The van der Waals surface area contributed by atoms with Crippen molar-refractivity contribution in [1.82, 2.24) is 0 Å². The average Bonchev–Trinajstić information content (AvgIpc) is 2.74. The number of methoxy groups -OCH3 is 1. The number of nitrogens with one attached hydrogen (secondary N) is 1. The molecule has 0 bridgehead atoms. The predicted molar refractivity (Wildman–Crippen MR) is 116 cm³/mol. The zero-order chi connectivity index (χ0) is 21.7. The van der Waals surface area contributed by atoms with Crippen molar-refractivity contribution >= 4 is 17.5 Å². The molecule has 6 heteroatoms. The minimum atomic E-state index is -0.517. The van der Waals surface area contributed by atoms with E-state index < -0.39 is 5.91 Å². The van der Waals surface area contributed by atoms with Crippen molar-refractivity contribution in [2.45, 2.75) is 20.5 Å². The van der Waals surface area contributed by atoms with Gasteiger partial charge in [0.2, 0.25) is 5.91 Å². The second-order valence-corrected chi connectivity index (χ2v) is 6.96. The molecule has 0 aromatic heterocycles. The monoisotopic (exact) mass is 404 g/mol. The van der Waals surface area contributed by atoms with Gasteiger partial charge in [-0.25, -0.2) is 0 Å². The van der Waals surface area contributed by atoms with Crippen LogP contribution in [0.2, 0.25) is 0 Å². The maximum atomic E-state index is 12.7. The third kappa shape index (κ3) is 4.97. The Labute approximate surface area is 175 Å². The van der Waals surface area contributed by atoms with Gasteiger partial charge in [0, 0.05) is 22.4 Å². The quantitative estimate of drug-likeness (QED) is 0.616. The van der Waals surface area contributed by atoms with E-state index in [0.29, 0.717) is 22.6 Å². The van der Waals surface area contributed by atoms with Gasteiger partial charge in [0.05, 0.1) is 7.11 Å². The zero-order valence-electron chi connectivity index (χ0n) is 17.2. The Kier molecular flexibility index (Phi) is 6.37. The van der Waals surface area contributed by atoms with Gasteiger partial charge in [0.15, 0.2) is 0 Å². The van der Waals surface area contributed by atoms with Gasteiger partial charge in [-0.3, -0.25) is 9.59 Å². The number of hydrogen-bond acceptors (Lipinski definition) is 4. The number of amides is 2. The van der Waals surface area contributed by atoms with E-state index in [0.717, 1.165) is 16.9 Å². The minimum absolute atomic E-state index is 0.264. The fourth-order valence-electron chi connectivity index (χ4n) is 2.92. The summed E-state index contributed by atoms with van der Waals surface area (Å²) in [5.41, 5.74) is 9.75. The number of anilines is 1. The van der Waals surface area contributed by atoms with Crippen LogP contribution >= 0.6 is 0 Å². The van der Waals surface area contributed by atoms with Crippen LogP contribution in [0.3, 0.4) is 0 Å². The van der Waals surface area contributed by atoms with Crippen molar-refractivity contribution in [3.63, 3.8) is 0 Å². The summed E-state index contributed by atoms with van der Waals surface area (Å²) in [6, 6.07) is 17.5. The smallest absolute Gasteiger partial charge is 0.255 e. The van der Waals surface area contributed by atoms with Gasteiger partial charge in [-0.15, -0.1) is 0 Å². The van der Waals surface area contributed by atoms with Crippen LogP contribution in [-0.4, -0.2) is 18.9 Å². The molecule has 3 aromatic rings. The SMILES string of the molecule is COc1ccc(C(=O)Nc2ccc(C(N)=O)cc2)cc1COc1ccc(C)c(C)c1. The molecule has 0 fully saturated rings. The molecule has 0 aliphatic carbocycles. The van der Waals surface area contributed by atoms with Crippen molar-refractivity contribution in [2.24, 2.45) is 5.73 Å². The molecule has 0 spiro atoms. The van der Waals surface area contributed by atoms with Gasteiger partial charge in [-0.2, -0.15) is 0 Å². The average molecular weight is 404 g/mol. The Morgan fingerprint density at radius 1 is 0.900 bits per heavy atom. The Hall–Kier alpha value is -3.80. The van der Waals surface area contributed by atoms with Crippen molar-refractivity contribution in [3.8, 4) is 11.5 Å². The molecule has 2 amide bonds. The summed E-state index contributed by atoms with van der Waals surface area (Å²) in [5.74, 6) is 0.596. The zero-order valence-corrected chi connectivity index (χ0v) is 17.2. The Balaban J connectivity index is 1.74. The second-order valence-electron chi connectivity index (χ2n) is 6.96. The maximum absolute atomic E-state index is 12.7. The van der Waals surface area contributed by atoms with Gasteiger partial charge in [-0.1, -0.05) is 6.07 Å². The molecular weight excluding hydrogens is 380 g/mol. The summed E-state index contributed by atoms with van der Waals surface area (Å²) >= 11 is 0. The summed E-state index contributed by atoms with van der Waals surface area (Å²) < 4.78 is 11.3. The van der Waals surface area contributed by atoms with Gasteiger partial charge in [0.1, 0.15) is 18.1 Å². The first-order valence-corrected chi connectivity index (χ1v) is 9.45. The lowest BCUT2D eigenvalue weighted by atomic mass is 10.1. The number of benzene rings is 3. The van der Waals surface area contributed by atoms with Crippen LogP contribution < -0.4 is 20.5 Å². The van der Waals surface area contributed by atoms with Crippen LogP contribution in [0, 0.1) is 13.8 Å². The third-order valence-electron chi connectivity index (χ3n) is 4.84. The molecule has 3 aromatic carbocycles. The van der Waals surface area contributed by atoms with Crippen LogP contribution in [-0.2, 0) is 6.61 Å². The fraction of sp³-hybridized carbons (Fsp3) is 0.167. The highest BCUT2D eigenvalue weighted by atomic mass is 16.5. The highest BCUT2D eigenvalue weighted by Crippen LogP contribution is 2.24. The van der Waals surface area contributed by atoms with E-state index in [2.05, 4.69) is 5.32 Å². The van der Waals surface area contributed by atoms with Crippen molar-refractivity contribution in [1.29, 1.82) is 0 Å². The Morgan fingerprint density at radius 2 is 1.60 bits per heavy atom. The number of rotatable bonds is 7. The predicted octanol–water partition coefficient (Wildman–Crippen LogP) is 4.24. The molecule has 154 valence electrons. The molecule has 0 unspecified atom stereocenters. The summed E-state index contributed by atoms with van der Waals surface area (Å²) in [6.07, 6.45) is 0. The second kappa shape index (κ2) is 9.13. The van der Waals surface area contributed by atoms with Crippen LogP contribution in [0.15, 0.2) is 60.7 Å². The lowest BCUT2D eigenvalue weighted by molar-refractivity contribution is 0.0998. The topological polar surface area (TPSA) is 90.6 Å². The van der Waals surface area contributed by atoms with Crippen LogP contribution in [0.1, 0.15) is 37.4 Å². The standard InChI is InChI=1S/C24H24N2O4/c1-15-4-10-21(12-16(15)2)30-14-19-13-18(7-11-22(19)29-3)24(28)26-20-8-5-17(6-9-20)23(25)27/h4-13H,14H2,1-3H3,(H2,25,27)(H,26,28). The lowest BCUT2D eigenvalue weighted by Crippen LogP contribution is -2.14. The number of aryl methyl sites for hydroxylation is 2. The van der Waals surface area contributed by atoms with Gasteiger partial charge < -0.3 is 20.5 Å².